The lowest BCUT2D eigenvalue weighted by molar-refractivity contribution is -0.120. The standard InChI is InChI=1S/C21H24BrNO6/c1-3-25-18-9-14(16(22)12-20(18)26-4-2)10-21(24)23-7-8-27-15-5-6-17-19(11-15)29-13-28-17/h5-6,9,11-12H,3-4,7-8,10,13H2,1-2H3,(H,23,24). The highest BCUT2D eigenvalue weighted by molar-refractivity contribution is 9.10. The Balaban J connectivity index is 1.49. The van der Waals surface area contributed by atoms with Crippen molar-refractivity contribution < 1.29 is 28.5 Å². The molecule has 156 valence electrons. The first kappa shape index (κ1) is 21.1. The number of ether oxygens (including phenoxy) is 5. The average molecular weight is 466 g/mol. The molecule has 0 fully saturated rings. The molecule has 0 spiro atoms. The van der Waals surface area contributed by atoms with Gasteiger partial charge in [-0.25, -0.2) is 0 Å². The minimum atomic E-state index is -0.105. The second-order valence-corrected chi connectivity index (χ2v) is 7.00. The highest BCUT2D eigenvalue weighted by Gasteiger charge is 2.15. The van der Waals surface area contributed by atoms with Gasteiger partial charge in [0.2, 0.25) is 12.7 Å². The number of fused-ring (bicyclic) bond motifs is 1. The van der Waals surface area contributed by atoms with Crippen LogP contribution in [0.1, 0.15) is 19.4 Å². The van der Waals surface area contributed by atoms with Crippen LogP contribution in [0.3, 0.4) is 0 Å². The van der Waals surface area contributed by atoms with Crippen LogP contribution in [0.5, 0.6) is 28.7 Å². The van der Waals surface area contributed by atoms with E-state index in [-0.39, 0.29) is 19.1 Å². The smallest absolute Gasteiger partial charge is 0.231 e. The molecule has 29 heavy (non-hydrogen) atoms. The Hall–Kier alpha value is -2.61. The molecule has 0 bridgehead atoms. The molecule has 2 aromatic rings. The molecule has 1 aliphatic rings. The Morgan fingerprint density at radius 2 is 1.76 bits per heavy atom. The predicted octanol–water partition coefficient (Wildman–Crippen LogP) is 3.71. The summed E-state index contributed by atoms with van der Waals surface area (Å²) in [5.74, 6) is 3.22. The molecule has 1 heterocycles. The van der Waals surface area contributed by atoms with Crippen molar-refractivity contribution in [3.8, 4) is 28.7 Å². The number of hydrogen-bond donors (Lipinski definition) is 1. The molecule has 0 radical (unpaired) electrons. The van der Waals surface area contributed by atoms with Gasteiger partial charge in [0.05, 0.1) is 26.2 Å². The van der Waals surface area contributed by atoms with Crippen LogP contribution in [-0.2, 0) is 11.2 Å². The Labute approximate surface area is 178 Å². The number of carbonyl (C=O) groups is 1. The molecule has 1 amide bonds. The van der Waals surface area contributed by atoms with Gasteiger partial charge >= 0.3 is 0 Å². The third-order valence-electron chi connectivity index (χ3n) is 4.10. The molecule has 0 aromatic heterocycles. The topological polar surface area (TPSA) is 75.3 Å². The van der Waals surface area contributed by atoms with Gasteiger partial charge in [-0.05, 0) is 43.7 Å². The van der Waals surface area contributed by atoms with E-state index in [1.165, 1.54) is 0 Å². The third-order valence-corrected chi connectivity index (χ3v) is 4.84. The van der Waals surface area contributed by atoms with Crippen LogP contribution in [0.15, 0.2) is 34.8 Å². The van der Waals surface area contributed by atoms with E-state index in [1.54, 1.807) is 12.1 Å². The summed E-state index contributed by atoms with van der Waals surface area (Å²) in [6.07, 6.45) is 0.219. The molecule has 3 rings (SSSR count). The van der Waals surface area contributed by atoms with Gasteiger partial charge in [-0.1, -0.05) is 15.9 Å². The number of amides is 1. The average Bonchev–Trinajstić information content (AvgIpc) is 3.17. The fourth-order valence-electron chi connectivity index (χ4n) is 2.81. The van der Waals surface area contributed by atoms with Crippen molar-refractivity contribution in [3.05, 3.63) is 40.4 Å². The molecule has 8 heteroatoms. The largest absolute Gasteiger partial charge is 0.492 e. The third kappa shape index (κ3) is 5.69. The highest BCUT2D eigenvalue weighted by atomic mass is 79.9. The molecule has 1 N–H and O–H groups in total. The van der Waals surface area contributed by atoms with Gasteiger partial charge < -0.3 is 29.0 Å². The van der Waals surface area contributed by atoms with Crippen LogP contribution in [0.4, 0.5) is 0 Å². The Bertz CT molecular complexity index is 857. The highest BCUT2D eigenvalue weighted by Crippen LogP contribution is 2.35. The van der Waals surface area contributed by atoms with Gasteiger partial charge in [0.25, 0.3) is 0 Å². The lowest BCUT2D eigenvalue weighted by atomic mass is 10.1. The molecule has 2 aromatic carbocycles. The number of rotatable bonds is 10. The van der Waals surface area contributed by atoms with Crippen molar-refractivity contribution in [2.24, 2.45) is 0 Å². The zero-order valence-corrected chi connectivity index (χ0v) is 18.0. The molecular weight excluding hydrogens is 442 g/mol. The maximum Gasteiger partial charge on any atom is 0.231 e. The van der Waals surface area contributed by atoms with E-state index < -0.39 is 0 Å². The second kappa shape index (κ2) is 10.2. The lowest BCUT2D eigenvalue weighted by Gasteiger charge is -2.14. The number of carbonyl (C=O) groups excluding carboxylic acids is 1. The van der Waals surface area contributed by atoms with Gasteiger partial charge in [-0.3, -0.25) is 4.79 Å². The van der Waals surface area contributed by atoms with Crippen LogP contribution < -0.4 is 29.0 Å². The summed E-state index contributed by atoms with van der Waals surface area (Å²) in [6, 6.07) is 9.05. The van der Waals surface area contributed by atoms with Gasteiger partial charge in [0.1, 0.15) is 12.4 Å². The molecular formula is C21H24BrNO6. The Morgan fingerprint density at radius 3 is 2.52 bits per heavy atom. The lowest BCUT2D eigenvalue weighted by Crippen LogP contribution is -2.29. The first-order valence-corrected chi connectivity index (χ1v) is 10.3. The first-order valence-electron chi connectivity index (χ1n) is 9.47. The quantitative estimate of drug-likeness (QED) is 0.539. The summed E-state index contributed by atoms with van der Waals surface area (Å²) in [4.78, 5) is 12.3. The van der Waals surface area contributed by atoms with Gasteiger partial charge in [0, 0.05) is 10.5 Å². The summed E-state index contributed by atoms with van der Waals surface area (Å²) < 4.78 is 28.3. The van der Waals surface area contributed by atoms with Crippen molar-refractivity contribution in [1.29, 1.82) is 0 Å². The molecule has 0 saturated carbocycles. The van der Waals surface area contributed by atoms with Crippen LogP contribution in [0.2, 0.25) is 0 Å². The molecule has 1 aliphatic heterocycles. The molecule has 7 nitrogen and oxygen atoms in total. The van der Waals surface area contributed by atoms with Crippen molar-refractivity contribution >= 4 is 21.8 Å². The normalized spacial score (nSPS) is 11.8. The van der Waals surface area contributed by atoms with E-state index in [0.717, 1.165) is 10.0 Å². The van der Waals surface area contributed by atoms with Crippen LogP contribution >= 0.6 is 15.9 Å². The van der Waals surface area contributed by atoms with Crippen LogP contribution in [-0.4, -0.2) is 39.1 Å². The first-order chi connectivity index (χ1) is 14.1. The van der Waals surface area contributed by atoms with Crippen LogP contribution in [0, 0.1) is 0 Å². The molecule has 0 saturated heterocycles. The van der Waals surface area contributed by atoms with E-state index in [9.17, 15) is 4.79 Å². The minimum absolute atomic E-state index is 0.105. The SMILES string of the molecule is CCOc1cc(Br)c(CC(=O)NCCOc2ccc3c(c2)OCO3)cc1OCC. The summed E-state index contributed by atoms with van der Waals surface area (Å²) in [7, 11) is 0. The van der Waals surface area contributed by atoms with E-state index in [2.05, 4.69) is 21.2 Å². The number of hydrogen-bond acceptors (Lipinski definition) is 6. The van der Waals surface area contributed by atoms with Gasteiger partial charge in [-0.15, -0.1) is 0 Å². The minimum Gasteiger partial charge on any atom is -0.492 e. The zero-order chi connectivity index (χ0) is 20.6. The summed E-state index contributed by atoms with van der Waals surface area (Å²) in [5.41, 5.74) is 0.825. The second-order valence-electron chi connectivity index (χ2n) is 6.15. The van der Waals surface area contributed by atoms with E-state index >= 15 is 0 Å². The number of nitrogens with one attached hydrogen (secondary N) is 1. The molecule has 0 atom stereocenters. The summed E-state index contributed by atoms with van der Waals surface area (Å²) in [5, 5.41) is 2.86. The van der Waals surface area contributed by atoms with Crippen molar-refractivity contribution in [1.82, 2.24) is 5.32 Å². The summed E-state index contributed by atoms with van der Waals surface area (Å²) in [6.45, 7) is 5.84. The maximum atomic E-state index is 12.3. The molecule has 0 unspecified atom stereocenters. The van der Waals surface area contributed by atoms with E-state index in [1.807, 2.05) is 32.0 Å². The monoisotopic (exact) mass is 465 g/mol. The van der Waals surface area contributed by atoms with Gasteiger partial charge in [0.15, 0.2) is 23.0 Å². The fraction of sp³-hybridized carbons (Fsp3) is 0.381. The number of benzene rings is 2. The number of halogens is 1. The summed E-state index contributed by atoms with van der Waals surface area (Å²) >= 11 is 3.51. The van der Waals surface area contributed by atoms with E-state index in [0.29, 0.717) is 55.1 Å². The van der Waals surface area contributed by atoms with Crippen molar-refractivity contribution in [3.63, 3.8) is 0 Å². The van der Waals surface area contributed by atoms with Gasteiger partial charge in [-0.2, -0.15) is 0 Å². The fourth-order valence-corrected chi connectivity index (χ4v) is 3.27. The molecule has 0 aliphatic carbocycles. The van der Waals surface area contributed by atoms with Crippen molar-refractivity contribution in [2.45, 2.75) is 20.3 Å². The Kier molecular flexibility index (Phi) is 7.46. The predicted molar refractivity (Wildman–Crippen MR) is 111 cm³/mol. The Morgan fingerprint density at radius 1 is 1.03 bits per heavy atom. The van der Waals surface area contributed by atoms with Crippen LogP contribution in [0.25, 0.3) is 0 Å². The zero-order valence-electron chi connectivity index (χ0n) is 16.5. The van der Waals surface area contributed by atoms with E-state index in [4.69, 9.17) is 23.7 Å². The maximum absolute atomic E-state index is 12.3. The van der Waals surface area contributed by atoms with Crippen molar-refractivity contribution in [2.75, 3.05) is 33.2 Å².